The van der Waals surface area contributed by atoms with Crippen LogP contribution in [-0.2, 0) is 24.7 Å². The number of thiophene rings is 1. The van der Waals surface area contributed by atoms with Crippen LogP contribution in [0.5, 0.6) is 0 Å². The van der Waals surface area contributed by atoms with Crippen LogP contribution in [0.3, 0.4) is 0 Å². The third kappa shape index (κ3) is 3.99. The van der Waals surface area contributed by atoms with Crippen LogP contribution in [0.4, 0.5) is 0 Å². The standard InChI is InChI=1S/C26H34N2OS/c1-6-17(3)12-18-8-9-20-14-21(11-10-19(20)13-18)28-16-27-22-15-23(26(4,5)7-2)30-24(22)25(28)29/h8-9,13,15-17,21H,6-7,10-12,14H2,1-5H3. The molecule has 0 radical (unpaired) electrons. The summed E-state index contributed by atoms with van der Waals surface area (Å²) in [4.78, 5) is 19.2. The van der Waals surface area contributed by atoms with Crippen LogP contribution in [0.1, 0.15) is 81.5 Å². The molecule has 160 valence electrons. The lowest BCUT2D eigenvalue weighted by Gasteiger charge is -2.26. The van der Waals surface area contributed by atoms with Crippen molar-refractivity contribution >= 4 is 21.6 Å². The molecule has 0 N–H and O–H groups in total. The van der Waals surface area contributed by atoms with Gasteiger partial charge in [0.05, 0.1) is 11.8 Å². The Bertz CT molecular complexity index is 1110. The minimum atomic E-state index is 0.0827. The van der Waals surface area contributed by atoms with Crippen molar-refractivity contribution in [3.05, 3.63) is 62.5 Å². The van der Waals surface area contributed by atoms with E-state index >= 15 is 0 Å². The summed E-state index contributed by atoms with van der Waals surface area (Å²) in [5, 5.41) is 0. The zero-order chi connectivity index (χ0) is 21.5. The molecule has 2 atom stereocenters. The van der Waals surface area contributed by atoms with Crippen molar-refractivity contribution in [2.75, 3.05) is 0 Å². The maximum Gasteiger partial charge on any atom is 0.271 e. The first-order valence-electron chi connectivity index (χ1n) is 11.4. The largest absolute Gasteiger partial charge is 0.295 e. The first-order chi connectivity index (χ1) is 14.3. The lowest BCUT2D eigenvalue weighted by Crippen LogP contribution is -2.28. The number of nitrogens with zero attached hydrogens (tertiary/aromatic N) is 2. The van der Waals surface area contributed by atoms with Crippen LogP contribution in [0.2, 0.25) is 0 Å². The van der Waals surface area contributed by atoms with Gasteiger partial charge in [-0.2, -0.15) is 0 Å². The van der Waals surface area contributed by atoms with Gasteiger partial charge in [-0.05, 0) is 66.2 Å². The van der Waals surface area contributed by atoms with E-state index in [1.807, 2.05) is 4.57 Å². The van der Waals surface area contributed by atoms with Crippen molar-refractivity contribution in [1.29, 1.82) is 0 Å². The molecule has 0 bridgehead atoms. The molecule has 3 aromatic rings. The summed E-state index contributed by atoms with van der Waals surface area (Å²) >= 11 is 1.63. The molecule has 0 amide bonds. The summed E-state index contributed by atoms with van der Waals surface area (Å²) < 4.78 is 2.71. The molecule has 4 heteroatoms. The van der Waals surface area contributed by atoms with Gasteiger partial charge in [0, 0.05) is 10.9 Å². The lowest BCUT2D eigenvalue weighted by atomic mass is 9.85. The van der Waals surface area contributed by atoms with Crippen LogP contribution in [0, 0.1) is 5.92 Å². The SMILES string of the molecule is CCC(C)Cc1ccc2c(c1)CCC(n1cnc3cc(C(C)(C)CC)sc3c1=O)C2. The highest BCUT2D eigenvalue weighted by Crippen LogP contribution is 2.35. The molecule has 1 aliphatic carbocycles. The van der Waals surface area contributed by atoms with E-state index in [0.29, 0.717) is 0 Å². The molecular weight excluding hydrogens is 388 g/mol. The number of fused-ring (bicyclic) bond motifs is 2. The van der Waals surface area contributed by atoms with Gasteiger partial charge in [-0.1, -0.05) is 59.2 Å². The molecule has 0 saturated heterocycles. The number of aromatic nitrogens is 2. The Labute approximate surface area is 184 Å². The first kappa shape index (κ1) is 21.3. The van der Waals surface area contributed by atoms with Crippen molar-refractivity contribution < 1.29 is 0 Å². The smallest absolute Gasteiger partial charge is 0.271 e. The van der Waals surface area contributed by atoms with E-state index in [1.54, 1.807) is 17.7 Å². The molecule has 0 saturated carbocycles. The van der Waals surface area contributed by atoms with Gasteiger partial charge in [0.2, 0.25) is 0 Å². The quantitative estimate of drug-likeness (QED) is 0.456. The summed E-state index contributed by atoms with van der Waals surface area (Å²) in [5.74, 6) is 0.726. The molecule has 0 aliphatic heterocycles. The summed E-state index contributed by atoms with van der Waals surface area (Å²) in [6.45, 7) is 11.3. The third-order valence-corrected chi connectivity index (χ3v) is 8.64. The third-order valence-electron chi connectivity index (χ3n) is 7.16. The molecule has 1 aliphatic rings. The Morgan fingerprint density at radius 2 is 2.03 bits per heavy atom. The maximum absolute atomic E-state index is 13.3. The Balaban J connectivity index is 1.61. The second-order valence-electron chi connectivity index (χ2n) is 9.74. The van der Waals surface area contributed by atoms with E-state index in [4.69, 9.17) is 0 Å². The second-order valence-corrected chi connectivity index (χ2v) is 10.8. The summed E-state index contributed by atoms with van der Waals surface area (Å²) in [6, 6.07) is 9.30. The Morgan fingerprint density at radius 3 is 2.77 bits per heavy atom. The molecule has 30 heavy (non-hydrogen) atoms. The van der Waals surface area contributed by atoms with Crippen LogP contribution in [0.25, 0.3) is 10.2 Å². The fraction of sp³-hybridized carbons (Fsp3) is 0.538. The molecule has 0 spiro atoms. The average Bonchev–Trinajstić information content (AvgIpc) is 3.20. The van der Waals surface area contributed by atoms with Gasteiger partial charge in [-0.15, -0.1) is 11.3 Å². The molecule has 2 heterocycles. The minimum Gasteiger partial charge on any atom is -0.295 e. The molecule has 4 rings (SSSR count). The topological polar surface area (TPSA) is 34.9 Å². The predicted octanol–water partition coefficient (Wildman–Crippen LogP) is 6.46. The highest BCUT2D eigenvalue weighted by Gasteiger charge is 2.25. The summed E-state index contributed by atoms with van der Waals surface area (Å²) in [5.41, 5.74) is 5.38. The van der Waals surface area contributed by atoms with Gasteiger partial charge in [0.15, 0.2) is 0 Å². The van der Waals surface area contributed by atoms with Crippen molar-refractivity contribution in [3.8, 4) is 0 Å². The molecule has 2 unspecified atom stereocenters. The predicted molar refractivity (Wildman–Crippen MR) is 128 cm³/mol. The van der Waals surface area contributed by atoms with Crippen molar-refractivity contribution in [1.82, 2.24) is 9.55 Å². The van der Waals surface area contributed by atoms with Crippen molar-refractivity contribution in [2.45, 2.75) is 84.6 Å². The number of aryl methyl sites for hydroxylation is 1. The van der Waals surface area contributed by atoms with Gasteiger partial charge in [0.25, 0.3) is 5.56 Å². The Morgan fingerprint density at radius 1 is 1.23 bits per heavy atom. The van der Waals surface area contributed by atoms with Gasteiger partial charge in [-0.3, -0.25) is 9.36 Å². The van der Waals surface area contributed by atoms with Crippen LogP contribution < -0.4 is 5.56 Å². The molecule has 1 aromatic carbocycles. The summed E-state index contributed by atoms with van der Waals surface area (Å²) in [7, 11) is 0. The fourth-order valence-corrected chi connectivity index (χ4v) is 5.61. The normalized spacial score (nSPS) is 17.8. The lowest BCUT2D eigenvalue weighted by molar-refractivity contribution is 0.429. The fourth-order valence-electron chi connectivity index (χ4n) is 4.39. The monoisotopic (exact) mass is 422 g/mol. The molecule has 2 aromatic heterocycles. The molecule has 3 nitrogen and oxygen atoms in total. The highest BCUT2D eigenvalue weighted by molar-refractivity contribution is 7.19. The van der Waals surface area contributed by atoms with Gasteiger partial charge >= 0.3 is 0 Å². The van der Waals surface area contributed by atoms with Gasteiger partial charge in [0.1, 0.15) is 4.70 Å². The van der Waals surface area contributed by atoms with E-state index < -0.39 is 0 Å². The minimum absolute atomic E-state index is 0.0827. The van der Waals surface area contributed by atoms with E-state index in [1.165, 1.54) is 28.0 Å². The zero-order valence-corrected chi connectivity index (χ0v) is 19.8. The average molecular weight is 423 g/mol. The Kier molecular flexibility index (Phi) is 5.89. The van der Waals surface area contributed by atoms with Crippen LogP contribution in [0.15, 0.2) is 35.4 Å². The van der Waals surface area contributed by atoms with Crippen molar-refractivity contribution in [3.63, 3.8) is 0 Å². The van der Waals surface area contributed by atoms with Crippen LogP contribution >= 0.6 is 11.3 Å². The van der Waals surface area contributed by atoms with Gasteiger partial charge in [-0.25, -0.2) is 4.98 Å². The van der Waals surface area contributed by atoms with Crippen molar-refractivity contribution in [2.24, 2.45) is 5.92 Å². The Hall–Kier alpha value is -1.94. The first-order valence-corrected chi connectivity index (χ1v) is 12.3. The number of rotatable bonds is 6. The van der Waals surface area contributed by atoms with E-state index in [2.05, 4.69) is 63.9 Å². The zero-order valence-electron chi connectivity index (χ0n) is 19.0. The molecule has 0 fully saturated rings. The number of hydrogen-bond acceptors (Lipinski definition) is 3. The van der Waals surface area contributed by atoms with E-state index in [9.17, 15) is 4.79 Å². The maximum atomic E-state index is 13.3. The van der Waals surface area contributed by atoms with Gasteiger partial charge < -0.3 is 0 Å². The second kappa shape index (κ2) is 8.30. The number of benzene rings is 1. The van der Waals surface area contributed by atoms with E-state index in [-0.39, 0.29) is 17.0 Å². The van der Waals surface area contributed by atoms with Crippen LogP contribution in [-0.4, -0.2) is 9.55 Å². The van der Waals surface area contributed by atoms with E-state index in [0.717, 1.165) is 48.2 Å². The highest BCUT2D eigenvalue weighted by atomic mass is 32.1. The molecular formula is C26H34N2OS. The summed E-state index contributed by atoms with van der Waals surface area (Å²) in [6.07, 6.45) is 8.17. The number of hydrogen-bond donors (Lipinski definition) is 0.